The second-order valence-corrected chi connectivity index (χ2v) is 4.84. The van der Waals surface area contributed by atoms with E-state index in [4.69, 9.17) is 9.84 Å². The summed E-state index contributed by atoms with van der Waals surface area (Å²) in [5.74, 6) is -2.83. The Kier molecular flexibility index (Phi) is 5.79. The summed E-state index contributed by atoms with van der Waals surface area (Å²) in [6.07, 6.45) is 2.79. The van der Waals surface area contributed by atoms with Crippen molar-refractivity contribution in [2.75, 3.05) is 20.2 Å². The van der Waals surface area contributed by atoms with Gasteiger partial charge in [-0.15, -0.1) is 0 Å². The summed E-state index contributed by atoms with van der Waals surface area (Å²) in [4.78, 5) is 36.0. The molecule has 0 spiro atoms. The molecule has 1 rings (SSSR count). The standard InChI is InChI=1S/C13H21NO5/c1-3-19-11(15)8-14(2)12(16)9-6-4-5-7-10(9)13(17)18/h9-10H,3-8H2,1-2H3,(H,17,18)/t9-,10+/m1/s1. The lowest BCUT2D eigenvalue weighted by Crippen LogP contribution is -2.42. The minimum Gasteiger partial charge on any atom is -0.481 e. The van der Waals surface area contributed by atoms with Crippen LogP contribution in [0.5, 0.6) is 0 Å². The maximum Gasteiger partial charge on any atom is 0.325 e. The minimum absolute atomic E-state index is 0.129. The zero-order valence-corrected chi connectivity index (χ0v) is 11.4. The van der Waals surface area contributed by atoms with E-state index in [1.165, 1.54) is 11.9 Å². The van der Waals surface area contributed by atoms with Crippen LogP contribution in [0, 0.1) is 11.8 Å². The van der Waals surface area contributed by atoms with Crippen LogP contribution >= 0.6 is 0 Å². The molecule has 1 amide bonds. The van der Waals surface area contributed by atoms with Gasteiger partial charge in [0.1, 0.15) is 6.54 Å². The predicted molar refractivity (Wildman–Crippen MR) is 67.4 cm³/mol. The van der Waals surface area contributed by atoms with Crippen LogP contribution in [0.4, 0.5) is 0 Å². The van der Waals surface area contributed by atoms with Gasteiger partial charge in [-0.2, -0.15) is 0 Å². The molecule has 0 saturated heterocycles. The van der Waals surface area contributed by atoms with E-state index in [9.17, 15) is 14.4 Å². The molecule has 0 radical (unpaired) electrons. The number of esters is 1. The number of nitrogens with zero attached hydrogens (tertiary/aromatic N) is 1. The first kappa shape index (κ1) is 15.5. The van der Waals surface area contributed by atoms with Crippen molar-refractivity contribution in [1.82, 2.24) is 4.90 Å². The van der Waals surface area contributed by atoms with Crippen LogP contribution in [0.1, 0.15) is 32.6 Å². The molecule has 19 heavy (non-hydrogen) atoms. The molecular weight excluding hydrogens is 250 g/mol. The highest BCUT2D eigenvalue weighted by atomic mass is 16.5. The summed E-state index contributed by atoms with van der Waals surface area (Å²) < 4.78 is 4.78. The summed E-state index contributed by atoms with van der Waals surface area (Å²) in [6.45, 7) is 1.83. The molecule has 1 N–H and O–H groups in total. The van der Waals surface area contributed by atoms with Gasteiger partial charge in [0.25, 0.3) is 0 Å². The predicted octanol–water partition coefficient (Wildman–Crippen LogP) is 0.899. The Labute approximate surface area is 112 Å². The van der Waals surface area contributed by atoms with Crippen molar-refractivity contribution < 1.29 is 24.2 Å². The number of amides is 1. The van der Waals surface area contributed by atoms with E-state index in [1.54, 1.807) is 6.92 Å². The lowest BCUT2D eigenvalue weighted by Gasteiger charge is -2.30. The van der Waals surface area contributed by atoms with Crippen molar-refractivity contribution in [2.45, 2.75) is 32.6 Å². The molecule has 0 aromatic carbocycles. The number of carbonyl (C=O) groups is 3. The highest BCUT2D eigenvalue weighted by Gasteiger charge is 2.37. The number of aliphatic carboxylic acids is 1. The summed E-state index contributed by atoms with van der Waals surface area (Å²) in [7, 11) is 1.51. The van der Waals surface area contributed by atoms with Gasteiger partial charge in [-0.25, -0.2) is 0 Å². The van der Waals surface area contributed by atoms with Crippen molar-refractivity contribution in [1.29, 1.82) is 0 Å². The molecule has 6 heteroatoms. The van der Waals surface area contributed by atoms with Gasteiger partial charge in [-0.1, -0.05) is 12.8 Å². The molecule has 0 bridgehead atoms. The van der Waals surface area contributed by atoms with Crippen LogP contribution < -0.4 is 0 Å². The van der Waals surface area contributed by atoms with Crippen LogP contribution in [-0.4, -0.2) is 48.1 Å². The Hall–Kier alpha value is -1.59. The molecule has 0 unspecified atom stereocenters. The first-order chi connectivity index (χ1) is 8.97. The van der Waals surface area contributed by atoms with Crippen molar-refractivity contribution in [3.8, 4) is 0 Å². The normalized spacial score (nSPS) is 22.6. The second-order valence-electron chi connectivity index (χ2n) is 4.84. The third-order valence-corrected chi connectivity index (χ3v) is 3.45. The van der Waals surface area contributed by atoms with E-state index in [0.717, 1.165) is 12.8 Å². The topological polar surface area (TPSA) is 83.9 Å². The number of ether oxygens (including phenoxy) is 1. The SMILES string of the molecule is CCOC(=O)CN(C)C(=O)[C@@H]1CCCC[C@@H]1C(=O)O. The van der Waals surface area contributed by atoms with Crippen LogP contribution in [-0.2, 0) is 19.1 Å². The Morgan fingerprint density at radius 3 is 2.32 bits per heavy atom. The number of hydrogen-bond donors (Lipinski definition) is 1. The zero-order chi connectivity index (χ0) is 14.4. The van der Waals surface area contributed by atoms with Crippen LogP contribution in [0.25, 0.3) is 0 Å². The molecule has 1 aliphatic carbocycles. The number of carboxylic acids is 1. The van der Waals surface area contributed by atoms with E-state index in [1.807, 2.05) is 0 Å². The number of carboxylic acid groups (broad SMARTS) is 1. The summed E-state index contributed by atoms with van der Waals surface area (Å²) in [6, 6.07) is 0. The van der Waals surface area contributed by atoms with E-state index >= 15 is 0 Å². The van der Waals surface area contributed by atoms with Gasteiger partial charge in [0.2, 0.25) is 5.91 Å². The average molecular weight is 271 g/mol. The Balaban J connectivity index is 2.63. The first-order valence-corrected chi connectivity index (χ1v) is 6.60. The Morgan fingerprint density at radius 2 is 1.79 bits per heavy atom. The lowest BCUT2D eigenvalue weighted by molar-refractivity contribution is -0.154. The summed E-state index contributed by atoms with van der Waals surface area (Å²) in [5.41, 5.74) is 0. The lowest BCUT2D eigenvalue weighted by atomic mass is 9.78. The van der Waals surface area contributed by atoms with E-state index in [0.29, 0.717) is 12.8 Å². The number of likely N-dealkylation sites (N-methyl/N-ethyl adjacent to an activating group) is 1. The van der Waals surface area contributed by atoms with Gasteiger partial charge < -0.3 is 14.7 Å². The molecule has 1 fully saturated rings. The fourth-order valence-corrected chi connectivity index (χ4v) is 2.48. The fourth-order valence-electron chi connectivity index (χ4n) is 2.48. The largest absolute Gasteiger partial charge is 0.481 e. The van der Waals surface area contributed by atoms with Gasteiger partial charge >= 0.3 is 11.9 Å². The van der Waals surface area contributed by atoms with E-state index in [2.05, 4.69) is 0 Å². The smallest absolute Gasteiger partial charge is 0.325 e. The average Bonchev–Trinajstić information content (AvgIpc) is 2.37. The van der Waals surface area contributed by atoms with Crippen LogP contribution in [0.15, 0.2) is 0 Å². The van der Waals surface area contributed by atoms with Crippen molar-refractivity contribution in [2.24, 2.45) is 11.8 Å². The van der Waals surface area contributed by atoms with Gasteiger partial charge in [-0.3, -0.25) is 14.4 Å². The molecule has 108 valence electrons. The summed E-state index contributed by atoms with van der Waals surface area (Å²) in [5, 5.41) is 9.14. The maximum atomic E-state index is 12.2. The number of carbonyl (C=O) groups excluding carboxylic acids is 2. The summed E-state index contributed by atoms with van der Waals surface area (Å²) >= 11 is 0. The monoisotopic (exact) mass is 271 g/mol. The quantitative estimate of drug-likeness (QED) is 0.751. The number of hydrogen-bond acceptors (Lipinski definition) is 4. The molecule has 1 saturated carbocycles. The third-order valence-electron chi connectivity index (χ3n) is 3.45. The Bertz CT molecular complexity index is 355. The highest BCUT2D eigenvalue weighted by Crippen LogP contribution is 2.31. The van der Waals surface area contributed by atoms with Gasteiger partial charge in [0.15, 0.2) is 0 Å². The van der Waals surface area contributed by atoms with Crippen molar-refractivity contribution in [3.05, 3.63) is 0 Å². The molecule has 0 aromatic heterocycles. The van der Waals surface area contributed by atoms with E-state index in [-0.39, 0.29) is 19.1 Å². The molecular formula is C13H21NO5. The first-order valence-electron chi connectivity index (χ1n) is 6.60. The fraction of sp³-hybridized carbons (Fsp3) is 0.769. The molecule has 0 heterocycles. The molecule has 0 aromatic rings. The second kappa shape index (κ2) is 7.11. The maximum absolute atomic E-state index is 12.2. The molecule has 1 aliphatic rings. The Morgan fingerprint density at radius 1 is 1.21 bits per heavy atom. The van der Waals surface area contributed by atoms with Crippen molar-refractivity contribution >= 4 is 17.8 Å². The van der Waals surface area contributed by atoms with Gasteiger partial charge in [0.05, 0.1) is 18.4 Å². The minimum atomic E-state index is -0.928. The third kappa shape index (κ3) is 4.22. The van der Waals surface area contributed by atoms with Gasteiger partial charge in [0, 0.05) is 7.05 Å². The van der Waals surface area contributed by atoms with Crippen molar-refractivity contribution in [3.63, 3.8) is 0 Å². The van der Waals surface area contributed by atoms with Gasteiger partial charge in [-0.05, 0) is 19.8 Å². The molecule has 0 aliphatic heterocycles. The van der Waals surface area contributed by atoms with E-state index < -0.39 is 23.8 Å². The molecule has 2 atom stereocenters. The van der Waals surface area contributed by atoms with Crippen LogP contribution in [0.2, 0.25) is 0 Å². The number of rotatable bonds is 5. The van der Waals surface area contributed by atoms with Crippen LogP contribution in [0.3, 0.4) is 0 Å². The highest BCUT2D eigenvalue weighted by molar-refractivity contribution is 5.87. The molecule has 6 nitrogen and oxygen atoms in total. The zero-order valence-electron chi connectivity index (χ0n) is 11.4.